The van der Waals surface area contributed by atoms with Gasteiger partial charge in [-0.3, -0.25) is 0 Å². The summed E-state index contributed by atoms with van der Waals surface area (Å²) in [5.41, 5.74) is 8.14. The summed E-state index contributed by atoms with van der Waals surface area (Å²) in [5, 5.41) is 2.05. The average Bonchev–Trinajstić information content (AvgIpc) is 3.13. The largest absolute Gasteiger partial charge is 0.457 e. The first kappa shape index (κ1) is 28.0. The predicted octanol–water partition coefficient (Wildman–Crippen LogP) is 10.8. The highest BCUT2D eigenvalue weighted by atomic mass is 16.5. The molecule has 0 amide bonds. The van der Waals surface area contributed by atoms with Gasteiger partial charge in [-0.05, 0) is 83.9 Å². The predicted molar refractivity (Wildman–Crippen MR) is 187 cm³/mol. The summed E-state index contributed by atoms with van der Waals surface area (Å²) in [6.07, 6.45) is 0. The molecule has 0 saturated heterocycles. The van der Waals surface area contributed by atoms with Gasteiger partial charge >= 0.3 is 0 Å². The molecule has 0 radical (unpaired) electrons. The Morgan fingerprint density at radius 2 is 0.766 bits per heavy atom. The minimum absolute atomic E-state index is 0.552. The first-order valence-electron chi connectivity index (χ1n) is 15.4. The lowest BCUT2D eigenvalue weighted by Gasteiger charge is -2.07. The van der Waals surface area contributed by atoms with E-state index < -0.39 is 0 Å². The van der Waals surface area contributed by atoms with Gasteiger partial charge in [0.1, 0.15) is 22.7 Å². The lowest BCUT2D eigenvalue weighted by atomic mass is 10.1. The van der Waals surface area contributed by atoms with Crippen LogP contribution in [0.3, 0.4) is 0 Å². The summed E-state index contributed by atoms with van der Waals surface area (Å²) in [7, 11) is 0. The van der Waals surface area contributed by atoms with E-state index in [1.807, 2.05) is 133 Å². The number of rotatable bonds is 6. The molecule has 2 aromatic heterocycles. The van der Waals surface area contributed by atoms with Crippen LogP contribution in [0.1, 0.15) is 0 Å². The van der Waals surface area contributed by atoms with E-state index in [1.165, 1.54) is 0 Å². The molecule has 8 rings (SSSR count). The number of hydrogen-bond acceptors (Lipinski definition) is 5. The molecule has 224 valence electrons. The molecule has 0 atom stereocenters. The van der Waals surface area contributed by atoms with Gasteiger partial charge in [0.25, 0.3) is 0 Å². The zero-order valence-electron chi connectivity index (χ0n) is 25.3. The average molecular weight is 609 g/mol. The number of benzene rings is 6. The Morgan fingerprint density at radius 3 is 1.19 bits per heavy atom. The summed E-state index contributed by atoms with van der Waals surface area (Å²) in [6.45, 7) is 0. The quantitative estimate of drug-likeness (QED) is 0.189. The Morgan fingerprint density at radius 1 is 0.383 bits per heavy atom. The van der Waals surface area contributed by atoms with Crippen molar-refractivity contribution in [1.82, 2.24) is 0 Å². The zero-order chi connectivity index (χ0) is 31.4. The van der Waals surface area contributed by atoms with Gasteiger partial charge in [0.15, 0.2) is 0 Å². The van der Waals surface area contributed by atoms with Crippen LogP contribution >= 0.6 is 0 Å². The van der Waals surface area contributed by atoms with E-state index in [2.05, 4.69) is 36.4 Å². The highest BCUT2D eigenvalue weighted by molar-refractivity contribution is 5.82. The second-order valence-corrected chi connectivity index (χ2v) is 11.1. The van der Waals surface area contributed by atoms with Crippen LogP contribution in [0.4, 0.5) is 11.4 Å². The summed E-state index contributed by atoms with van der Waals surface area (Å²) >= 11 is 0. The normalized spacial score (nSPS) is 12.1. The van der Waals surface area contributed by atoms with E-state index in [9.17, 15) is 0 Å². The van der Waals surface area contributed by atoms with Gasteiger partial charge in [0.2, 0.25) is 11.1 Å². The van der Waals surface area contributed by atoms with Crippen molar-refractivity contribution in [3.8, 4) is 33.8 Å². The van der Waals surface area contributed by atoms with Crippen LogP contribution < -0.4 is 15.8 Å². The van der Waals surface area contributed by atoms with Gasteiger partial charge < -0.3 is 13.6 Å². The minimum atomic E-state index is 0.552. The van der Waals surface area contributed by atoms with Gasteiger partial charge in [-0.1, -0.05) is 97.1 Å². The maximum atomic E-state index is 6.27. The van der Waals surface area contributed by atoms with Crippen LogP contribution in [0.2, 0.25) is 0 Å². The molecule has 0 aliphatic carbocycles. The van der Waals surface area contributed by atoms with Gasteiger partial charge in [-0.2, -0.15) is 0 Å². The van der Waals surface area contributed by atoms with Crippen LogP contribution in [-0.2, 0) is 0 Å². The van der Waals surface area contributed by atoms with Crippen LogP contribution in [0.15, 0.2) is 189 Å². The zero-order valence-corrected chi connectivity index (χ0v) is 25.3. The lowest BCUT2D eigenvalue weighted by molar-refractivity contribution is 0.482. The molecule has 5 heteroatoms. The van der Waals surface area contributed by atoms with Crippen molar-refractivity contribution in [1.29, 1.82) is 0 Å². The Labute approximate surface area is 271 Å². The maximum absolute atomic E-state index is 6.27. The number of ether oxygens (including phenoxy) is 1. The SMILES string of the molecule is c1ccc(-c2cc3ccccc3oc2=Nc2ccc(Oc3ccc(N=c4oc5ccccc5cc4-c4ccccc4)cc3)cc2)cc1. The van der Waals surface area contributed by atoms with Gasteiger partial charge in [-0.15, -0.1) is 0 Å². The summed E-state index contributed by atoms with van der Waals surface area (Å²) in [5.74, 6) is 1.39. The molecule has 0 aliphatic heterocycles. The third kappa shape index (κ3) is 6.10. The first-order valence-corrected chi connectivity index (χ1v) is 15.4. The molecule has 6 aromatic carbocycles. The first-order chi connectivity index (χ1) is 23.2. The number of para-hydroxylation sites is 2. The van der Waals surface area contributed by atoms with Crippen molar-refractivity contribution < 1.29 is 13.6 Å². The fraction of sp³-hybridized carbons (Fsp3) is 0. The van der Waals surface area contributed by atoms with Gasteiger partial charge in [0.05, 0.1) is 11.4 Å². The number of nitrogens with zero attached hydrogens (tertiary/aromatic N) is 2. The van der Waals surface area contributed by atoms with Crippen LogP contribution in [0.5, 0.6) is 11.5 Å². The maximum Gasteiger partial charge on any atom is 0.227 e. The fourth-order valence-electron chi connectivity index (χ4n) is 5.50. The standard InChI is InChI=1S/C42H28N2O3/c1-3-11-29(12-4-1)37-27-31-15-7-9-17-39(31)46-41(37)43-33-19-23-35(24-20-33)45-36-25-21-34(22-26-36)44-42-38(30-13-5-2-6-14-30)28-32-16-8-10-18-40(32)47-42/h1-28H. The molecule has 47 heavy (non-hydrogen) atoms. The Kier molecular flexibility index (Phi) is 7.46. The Bertz CT molecular complexity index is 2290. The van der Waals surface area contributed by atoms with Crippen molar-refractivity contribution >= 4 is 33.3 Å². The molecule has 0 unspecified atom stereocenters. The second-order valence-electron chi connectivity index (χ2n) is 11.1. The molecule has 0 fully saturated rings. The van der Waals surface area contributed by atoms with Gasteiger partial charge in [-0.25, -0.2) is 9.98 Å². The van der Waals surface area contributed by atoms with Crippen molar-refractivity contribution in [2.75, 3.05) is 0 Å². The molecule has 5 nitrogen and oxygen atoms in total. The highest BCUT2D eigenvalue weighted by Gasteiger charge is 2.09. The molecular weight excluding hydrogens is 580 g/mol. The number of fused-ring (bicyclic) bond motifs is 2. The molecule has 0 saturated carbocycles. The van der Waals surface area contributed by atoms with Crippen molar-refractivity contribution in [2.45, 2.75) is 0 Å². The van der Waals surface area contributed by atoms with E-state index >= 15 is 0 Å². The minimum Gasteiger partial charge on any atom is -0.457 e. The molecule has 0 N–H and O–H groups in total. The molecule has 0 aliphatic rings. The van der Waals surface area contributed by atoms with E-state index in [4.69, 9.17) is 23.6 Å². The van der Waals surface area contributed by atoms with Crippen LogP contribution in [0.25, 0.3) is 44.2 Å². The third-order valence-electron chi connectivity index (χ3n) is 7.85. The van der Waals surface area contributed by atoms with E-state index in [0.29, 0.717) is 22.6 Å². The molecular formula is C42H28N2O3. The molecule has 8 aromatic rings. The highest BCUT2D eigenvalue weighted by Crippen LogP contribution is 2.28. The second kappa shape index (κ2) is 12.5. The van der Waals surface area contributed by atoms with E-state index in [1.54, 1.807) is 0 Å². The monoisotopic (exact) mass is 608 g/mol. The van der Waals surface area contributed by atoms with Crippen LogP contribution in [-0.4, -0.2) is 0 Å². The van der Waals surface area contributed by atoms with E-state index in [-0.39, 0.29) is 0 Å². The van der Waals surface area contributed by atoms with Crippen LogP contribution in [0, 0.1) is 0 Å². The van der Waals surface area contributed by atoms with Crippen molar-refractivity contribution in [2.24, 2.45) is 9.98 Å². The fourth-order valence-corrected chi connectivity index (χ4v) is 5.50. The topological polar surface area (TPSA) is 60.2 Å². The van der Waals surface area contributed by atoms with E-state index in [0.717, 1.165) is 55.6 Å². The van der Waals surface area contributed by atoms with Crippen molar-refractivity contribution in [3.63, 3.8) is 0 Å². The summed E-state index contributed by atoms with van der Waals surface area (Å²) in [6, 6.07) is 55.8. The lowest BCUT2D eigenvalue weighted by Crippen LogP contribution is -2.05. The third-order valence-corrected chi connectivity index (χ3v) is 7.85. The van der Waals surface area contributed by atoms with Gasteiger partial charge in [0, 0.05) is 21.9 Å². The molecule has 2 heterocycles. The summed E-state index contributed by atoms with van der Waals surface area (Å²) in [4.78, 5) is 9.74. The Hall–Kier alpha value is -6.46. The molecule has 0 spiro atoms. The number of hydrogen-bond donors (Lipinski definition) is 0. The van der Waals surface area contributed by atoms with Crippen molar-refractivity contribution in [3.05, 3.63) is 181 Å². The summed E-state index contributed by atoms with van der Waals surface area (Å²) < 4.78 is 18.7. The molecule has 0 bridgehead atoms. The smallest absolute Gasteiger partial charge is 0.227 e. The Balaban J connectivity index is 1.06.